The minimum absolute atomic E-state index is 0.317. The Morgan fingerprint density at radius 3 is 2.52 bits per heavy atom. The van der Waals surface area contributed by atoms with Crippen LogP contribution in [0.15, 0.2) is 18.2 Å². The first-order chi connectivity index (χ1) is 9.97. The van der Waals surface area contributed by atoms with Gasteiger partial charge in [0.2, 0.25) is 5.91 Å². The van der Waals surface area contributed by atoms with E-state index in [1.807, 2.05) is 0 Å². The first-order valence-electron chi connectivity index (χ1n) is 6.28. The molecule has 1 amide bonds. The predicted octanol–water partition coefficient (Wildman–Crippen LogP) is 0.982. The molecular formula is C14H19NO6. The van der Waals surface area contributed by atoms with Gasteiger partial charge in [-0.2, -0.15) is 0 Å². The normalized spacial score (nSPS) is 11.6. The van der Waals surface area contributed by atoms with Gasteiger partial charge in [0, 0.05) is 5.56 Å². The third-order valence-corrected chi connectivity index (χ3v) is 2.74. The molecule has 1 aromatic carbocycles. The van der Waals surface area contributed by atoms with E-state index in [0.29, 0.717) is 11.5 Å². The van der Waals surface area contributed by atoms with E-state index in [0.717, 1.165) is 5.56 Å². The summed E-state index contributed by atoms with van der Waals surface area (Å²) in [6.07, 6.45) is 0. The number of methoxy groups -OCH3 is 2. The standard InChI is InChI=1S/C14H19NO6/c1-9(15-13(16)7-21-8-14(17)18)11-6-10(19-2)4-5-12(11)20-3/h4-6,9H,7-8H2,1-3H3,(H,15,16)(H,17,18). The summed E-state index contributed by atoms with van der Waals surface area (Å²) < 4.78 is 15.1. The monoisotopic (exact) mass is 297 g/mol. The number of carbonyl (C=O) groups is 2. The van der Waals surface area contributed by atoms with Gasteiger partial charge in [0.05, 0.1) is 20.3 Å². The Balaban J connectivity index is 2.67. The number of carboxylic acids is 1. The second-order valence-corrected chi connectivity index (χ2v) is 4.28. The van der Waals surface area contributed by atoms with Crippen LogP contribution in [-0.4, -0.2) is 44.4 Å². The second kappa shape index (κ2) is 8.11. The van der Waals surface area contributed by atoms with Crippen molar-refractivity contribution in [3.8, 4) is 11.5 Å². The van der Waals surface area contributed by atoms with Gasteiger partial charge in [0.1, 0.15) is 24.7 Å². The lowest BCUT2D eigenvalue weighted by molar-refractivity contribution is -0.143. The van der Waals surface area contributed by atoms with Gasteiger partial charge in [-0.3, -0.25) is 4.79 Å². The van der Waals surface area contributed by atoms with E-state index < -0.39 is 18.5 Å². The number of rotatable bonds is 8. The maximum absolute atomic E-state index is 11.7. The molecule has 2 N–H and O–H groups in total. The Morgan fingerprint density at radius 1 is 1.24 bits per heavy atom. The molecule has 0 aliphatic carbocycles. The molecule has 1 rings (SSSR count). The predicted molar refractivity (Wildman–Crippen MR) is 74.6 cm³/mol. The number of benzene rings is 1. The maximum Gasteiger partial charge on any atom is 0.329 e. The van der Waals surface area contributed by atoms with Crippen LogP contribution in [-0.2, 0) is 14.3 Å². The van der Waals surface area contributed by atoms with E-state index in [4.69, 9.17) is 19.3 Å². The summed E-state index contributed by atoms with van der Waals surface area (Å²) in [6, 6.07) is 4.93. The Bertz CT molecular complexity index is 502. The first-order valence-corrected chi connectivity index (χ1v) is 6.28. The van der Waals surface area contributed by atoms with Crippen LogP contribution in [0.25, 0.3) is 0 Å². The molecule has 0 spiro atoms. The highest BCUT2D eigenvalue weighted by Gasteiger charge is 2.15. The first kappa shape index (κ1) is 16.8. The Morgan fingerprint density at radius 2 is 1.95 bits per heavy atom. The summed E-state index contributed by atoms with van der Waals surface area (Å²) in [5.74, 6) is -0.261. The van der Waals surface area contributed by atoms with Gasteiger partial charge in [-0.15, -0.1) is 0 Å². The minimum Gasteiger partial charge on any atom is -0.497 e. The average molecular weight is 297 g/mol. The number of carboxylic acid groups (broad SMARTS) is 1. The summed E-state index contributed by atoms with van der Waals surface area (Å²) in [6.45, 7) is 0.958. The fraction of sp³-hybridized carbons (Fsp3) is 0.429. The van der Waals surface area contributed by atoms with E-state index in [2.05, 4.69) is 5.32 Å². The van der Waals surface area contributed by atoms with Crippen LogP contribution < -0.4 is 14.8 Å². The molecule has 1 aromatic rings. The maximum atomic E-state index is 11.7. The van der Waals surface area contributed by atoms with E-state index in [-0.39, 0.29) is 12.6 Å². The molecule has 0 radical (unpaired) electrons. The summed E-state index contributed by atoms with van der Waals surface area (Å²) in [5.41, 5.74) is 0.753. The van der Waals surface area contributed by atoms with E-state index >= 15 is 0 Å². The van der Waals surface area contributed by atoms with Crippen molar-refractivity contribution in [1.82, 2.24) is 5.32 Å². The van der Waals surface area contributed by atoms with Gasteiger partial charge in [0.15, 0.2) is 0 Å². The number of amides is 1. The van der Waals surface area contributed by atoms with Crippen molar-refractivity contribution in [2.45, 2.75) is 13.0 Å². The molecule has 1 unspecified atom stereocenters. The highest BCUT2D eigenvalue weighted by atomic mass is 16.5. The largest absolute Gasteiger partial charge is 0.497 e. The van der Waals surface area contributed by atoms with Crippen molar-refractivity contribution < 1.29 is 28.9 Å². The molecule has 1 atom stereocenters. The molecule has 0 bridgehead atoms. The van der Waals surface area contributed by atoms with Gasteiger partial charge in [-0.25, -0.2) is 4.79 Å². The molecule has 0 aliphatic heterocycles. The van der Waals surface area contributed by atoms with Crippen LogP contribution in [0, 0.1) is 0 Å². The second-order valence-electron chi connectivity index (χ2n) is 4.28. The van der Waals surface area contributed by atoms with Gasteiger partial charge in [-0.1, -0.05) is 0 Å². The quantitative estimate of drug-likeness (QED) is 0.743. The van der Waals surface area contributed by atoms with E-state index in [9.17, 15) is 9.59 Å². The summed E-state index contributed by atoms with van der Waals surface area (Å²) in [7, 11) is 3.09. The van der Waals surface area contributed by atoms with E-state index in [1.54, 1.807) is 32.2 Å². The van der Waals surface area contributed by atoms with Crippen LogP contribution in [0.4, 0.5) is 0 Å². The summed E-state index contributed by atoms with van der Waals surface area (Å²) in [4.78, 5) is 22.0. The van der Waals surface area contributed by atoms with Crippen molar-refractivity contribution in [2.24, 2.45) is 0 Å². The lowest BCUT2D eigenvalue weighted by Gasteiger charge is -2.18. The van der Waals surface area contributed by atoms with E-state index in [1.165, 1.54) is 7.11 Å². The number of ether oxygens (including phenoxy) is 3. The molecule has 0 saturated heterocycles. The highest BCUT2D eigenvalue weighted by molar-refractivity contribution is 5.78. The van der Waals surface area contributed by atoms with Crippen LogP contribution in [0.2, 0.25) is 0 Å². The fourth-order valence-electron chi connectivity index (χ4n) is 1.77. The van der Waals surface area contributed by atoms with Gasteiger partial charge in [-0.05, 0) is 25.1 Å². The number of carbonyl (C=O) groups excluding carboxylic acids is 1. The zero-order chi connectivity index (χ0) is 15.8. The van der Waals surface area contributed by atoms with Gasteiger partial charge >= 0.3 is 5.97 Å². The number of aliphatic carboxylic acids is 1. The zero-order valence-corrected chi connectivity index (χ0v) is 12.2. The average Bonchev–Trinajstić information content (AvgIpc) is 2.45. The Hall–Kier alpha value is -2.28. The minimum atomic E-state index is -1.12. The Kier molecular flexibility index (Phi) is 6.48. The molecule has 0 heterocycles. The topological polar surface area (TPSA) is 94.1 Å². The molecule has 116 valence electrons. The summed E-state index contributed by atoms with van der Waals surface area (Å²) in [5, 5.41) is 11.1. The van der Waals surface area contributed by atoms with Crippen molar-refractivity contribution in [2.75, 3.05) is 27.4 Å². The van der Waals surface area contributed by atoms with Gasteiger partial charge in [0.25, 0.3) is 0 Å². The number of nitrogens with one attached hydrogen (secondary N) is 1. The van der Waals surface area contributed by atoms with Crippen LogP contribution >= 0.6 is 0 Å². The summed E-state index contributed by atoms with van der Waals surface area (Å²) >= 11 is 0. The lowest BCUT2D eigenvalue weighted by atomic mass is 10.1. The van der Waals surface area contributed by atoms with Crippen molar-refractivity contribution in [3.05, 3.63) is 23.8 Å². The van der Waals surface area contributed by atoms with Crippen molar-refractivity contribution in [3.63, 3.8) is 0 Å². The van der Waals surface area contributed by atoms with Crippen molar-refractivity contribution >= 4 is 11.9 Å². The zero-order valence-electron chi connectivity index (χ0n) is 12.2. The molecular weight excluding hydrogens is 278 g/mol. The highest BCUT2D eigenvalue weighted by Crippen LogP contribution is 2.29. The smallest absolute Gasteiger partial charge is 0.329 e. The third-order valence-electron chi connectivity index (χ3n) is 2.74. The lowest BCUT2D eigenvalue weighted by Crippen LogP contribution is -2.31. The molecule has 0 fully saturated rings. The van der Waals surface area contributed by atoms with Gasteiger partial charge < -0.3 is 24.6 Å². The molecule has 0 saturated carbocycles. The molecule has 0 aliphatic rings. The molecule has 0 aromatic heterocycles. The third kappa shape index (κ3) is 5.31. The van der Waals surface area contributed by atoms with Crippen LogP contribution in [0.3, 0.4) is 0 Å². The Labute approximate surface area is 122 Å². The van der Waals surface area contributed by atoms with Crippen LogP contribution in [0.1, 0.15) is 18.5 Å². The molecule has 7 heteroatoms. The number of hydrogen-bond acceptors (Lipinski definition) is 5. The van der Waals surface area contributed by atoms with Crippen LogP contribution in [0.5, 0.6) is 11.5 Å². The van der Waals surface area contributed by atoms with Crippen molar-refractivity contribution in [1.29, 1.82) is 0 Å². The molecule has 21 heavy (non-hydrogen) atoms. The SMILES string of the molecule is COc1ccc(OC)c(C(C)NC(=O)COCC(=O)O)c1. The molecule has 7 nitrogen and oxygen atoms in total. The number of hydrogen-bond donors (Lipinski definition) is 2. The fourth-order valence-corrected chi connectivity index (χ4v) is 1.77.